The number of halogens is 1. The summed E-state index contributed by atoms with van der Waals surface area (Å²) < 4.78 is 13.4. The van der Waals surface area contributed by atoms with Crippen LogP contribution in [0.5, 0.6) is 0 Å². The summed E-state index contributed by atoms with van der Waals surface area (Å²) in [6, 6.07) is 6.85. The third-order valence-corrected chi connectivity index (χ3v) is 5.01. The summed E-state index contributed by atoms with van der Waals surface area (Å²) >= 11 is 0. The Balaban J connectivity index is 1.71. The minimum Gasteiger partial charge on any atom is -0.396 e. The van der Waals surface area contributed by atoms with Crippen LogP contribution in [0, 0.1) is 23.6 Å². The fourth-order valence-electron chi connectivity index (χ4n) is 4.00. The SMILES string of the molecule is OC[C@@H]1[C@H]2C[C@@H](c3ccnc4ccc(F)cc34)C[C@@H]12. The van der Waals surface area contributed by atoms with Crippen molar-refractivity contribution in [1.29, 1.82) is 0 Å². The molecule has 0 amide bonds. The number of aliphatic hydroxyl groups is 1. The Kier molecular flexibility index (Phi) is 2.39. The number of aromatic nitrogens is 1. The van der Waals surface area contributed by atoms with Crippen molar-refractivity contribution in [3.8, 4) is 0 Å². The number of pyridine rings is 1. The van der Waals surface area contributed by atoms with Crippen molar-refractivity contribution in [2.24, 2.45) is 17.8 Å². The van der Waals surface area contributed by atoms with E-state index in [1.807, 2.05) is 12.3 Å². The Bertz CT molecular complexity index is 630. The van der Waals surface area contributed by atoms with Crippen LogP contribution in [0.25, 0.3) is 10.9 Å². The Morgan fingerprint density at radius 1 is 1.21 bits per heavy atom. The highest BCUT2D eigenvalue weighted by molar-refractivity contribution is 5.82. The van der Waals surface area contributed by atoms with Crippen molar-refractivity contribution in [3.05, 3.63) is 41.8 Å². The number of benzene rings is 1. The average Bonchev–Trinajstić information content (AvgIpc) is 2.90. The van der Waals surface area contributed by atoms with Crippen molar-refractivity contribution in [3.63, 3.8) is 0 Å². The Morgan fingerprint density at radius 2 is 2.00 bits per heavy atom. The number of hydrogen-bond acceptors (Lipinski definition) is 2. The smallest absolute Gasteiger partial charge is 0.123 e. The Labute approximate surface area is 111 Å². The van der Waals surface area contributed by atoms with Gasteiger partial charge in [0, 0.05) is 18.2 Å². The maximum atomic E-state index is 13.4. The molecule has 0 unspecified atom stereocenters. The van der Waals surface area contributed by atoms with Crippen molar-refractivity contribution in [1.82, 2.24) is 4.98 Å². The fraction of sp³-hybridized carbons (Fsp3) is 0.438. The molecule has 2 fully saturated rings. The molecule has 2 aliphatic rings. The molecule has 1 heterocycles. The summed E-state index contributed by atoms with van der Waals surface area (Å²) in [5, 5.41) is 10.2. The van der Waals surface area contributed by atoms with E-state index in [0.717, 1.165) is 23.7 Å². The van der Waals surface area contributed by atoms with E-state index in [1.165, 1.54) is 11.6 Å². The lowest BCUT2D eigenvalue weighted by Crippen LogP contribution is -2.03. The highest BCUT2D eigenvalue weighted by atomic mass is 19.1. The standard InChI is InChI=1S/C16H16FNO/c17-10-1-2-16-14(7-10)11(3-4-18-16)9-5-12-13(6-9)15(12)8-19/h1-4,7,9,12-13,15,19H,5-6,8H2/t9-,12+,13-,15-. The quantitative estimate of drug-likeness (QED) is 0.896. The number of aliphatic hydroxyl groups excluding tert-OH is 1. The zero-order chi connectivity index (χ0) is 13.0. The Morgan fingerprint density at radius 3 is 2.74 bits per heavy atom. The van der Waals surface area contributed by atoms with Crippen LogP contribution in [0.4, 0.5) is 4.39 Å². The summed E-state index contributed by atoms with van der Waals surface area (Å²) in [5.74, 6) is 2.21. The highest BCUT2D eigenvalue weighted by Crippen LogP contribution is 2.62. The molecular formula is C16H16FNO. The maximum absolute atomic E-state index is 13.4. The number of rotatable bonds is 2. The van der Waals surface area contributed by atoms with Gasteiger partial charge >= 0.3 is 0 Å². The van der Waals surface area contributed by atoms with Gasteiger partial charge in [0.25, 0.3) is 0 Å². The van der Waals surface area contributed by atoms with E-state index in [4.69, 9.17) is 0 Å². The first-order valence-electron chi connectivity index (χ1n) is 6.93. The Hall–Kier alpha value is -1.48. The third kappa shape index (κ3) is 1.68. The predicted octanol–water partition coefficient (Wildman–Crippen LogP) is 3.11. The highest BCUT2D eigenvalue weighted by Gasteiger charge is 2.55. The van der Waals surface area contributed by atoms with Gasteiger partial charge in [-0.25, -0.2) is 4.39 Å². The van der Waals surface area contributed by atoms with E-state index in [0.29, 0.717) is 30.3 Å². The molecule has 19 heavy (non-hydrogen) atoms. The molecule has 2 aliphatic carbocycles. The van der Waals surface area contributed by atoms with Crippen LogP contribution in [0.1, 0.15) is 24.3 Å². The van der Waals surface area contributed by atoms with Gasteiger partial charge in [-0.1, -0.05) is 0 Å². The van der Waals surface area contributed by atoms with Gasteiger partial charge < -0.3 is 5.11 Å². The van der Waals surface area contributed by atoms with E-state index >= 15 is 0 Å². The van der Waals surface area contributed by atoms with Crippen LogP contribution in [0.3, 0.4) is 0 Å². The molecular weight excluding hydrogens is 241 g/mol. The molecule has 3 heteroatoms. The van der Waals surface area contributed by atoms with Crippen LogP contribution in [0.2, 0.25) is 0 Å². The summed E-state index contributed by atoms with van der Waals surface area (Å²) in [6.45, 7) is 0.327. The van der Waals surface area contributed by atoms with Crippen LogP contribution in [0.15, 0.2) is 30.5 Å². The van der Waals surface area contributed by atoms with E-state index in [2.05, 4.69) is 4.98 Å². The van der Waals surface area contributed by atoms with Gasteiger partial charge in [-0.15, -0.1) is 0 Å². The normalized spacial score (nSPS) is 32.5. The first-order chi connectivity index (χ1) is 9.28. The van der Waals surface area contributed by atoms with Crippen molar-refractivity contribution >= 4 is 10.9 Å². The molecule has 0 radical (unpaired) electrons. The zero-order valence-electron chi connectivity index (χ0n) is 10.6. The lowest BCUT2D eigenvalue weighted by Gasteiger charge is -2.16. The zero-order valence-corrected chi connectivity index (χ0v) is 10.6. The fourth-order valence-corrected chi connectivity index (χ4v) is 4.00. The minimum atomic E-state index is -0.196. The molecule has 1 aromatic heterocycles. The van der Waals surface area contributed by atoms with Crippen LogP contribution >= 0.6 is 0 Å². The topological polar surface area (TPSA) is 33.1 Å². The average molecular weight is 257 g/mol. The monoisotopic (exact) mass is 257 g/mol. The number of hydrogen-bond donors (Lipinski definition) is 1. The van der Waals surface area contributed by atoms with E-state index < -0.39 is 0 Å². The van der Waals surface area contributed by atoms with Gasteiger partial charge in [0.1, 0.15) is 5.82 Å². The molecule has 2 saturated carbocycles. The van der Waals surface area contributed by atoms with Gasteiger partial charge in [-0.05, 0) is 66.3 Å². The molecule has 4 atom stereocenters. The molecule has 0 aliphatic heterocycles. The van der Waals surface area contributed by atoms with Gasteiger partial charge in [0.15, 0.2) is 0 Å². The van der Waals surface area contributed by atoms with Gasteiger partial charge in [-0.3, -0.25) is 4.98 Å². The van der Waals surface area contributed by atoms with Gasteiger partial charge in [-0.2, -0.15) is 0 Å². The molecule has 98 valence electrons. The van der Waals surface area contributed by atoms with E-state index in [-0.39, 0.29) is 5.82 Å². The van der Waals surface area contributed by atoms with Gasteiger partial charge in [0.05, 0.1) is 5.52 Å². The molecule has 4 rings (SSSR count). The van der Waals surface area contributed by atoms with E-state index in [9.17, 15) is 9.50 Å². The first kappa shape index (κ1) is 11.4. The summed E-state index contributed by atoms with van der Waals surface area (Å²) in [4.78, 5) is 4.31. The molecule has 1 aromatic carbocycles. The summed E-state index contributed by atoms with van der Waals surface area (Å²) in [7, 11) is 0. The summed E-state index contributed by atoms with van der Waals surface area (Å²) in [6.07, 6.45) is 4.08. The molecule has 0 saturated heterocycles. The third-order valence-electron chi connectivity index (χ3n) is 5.01. The van der Waals surface area contributed by atoms with Crippen LogP contribution < -0.4 is 0 Å². The molecule has 2 nitrogen and oxygen atoms in total. The van der Waals surface area contributed by atoms with Gasteiger partial charge in [0.2, 0.25) is 0 Å². The predicted molar refractivity (Wildman–Crippen MR) is 71.2 cm³/mol. The second-order valence-electron chi connectivity index (χ2n) is 5.90. The van der Waals surface area contributed by atoms with Crippen LogP contribution in [-0.4, -0.2) is 16.7 Å². The maximum Gasteiger partial charge on any atom is 0.123 e. The lowest BCUT2D eigenvalue weighted by atomic mass is 9.90. The van der Waals surface area contributed by atoms with Crippen LogP contribution in [-0.2, 0) is 0 Å². The number of fused-ring (bicyclic) bond motifs is 2. The molecule has 0 spiro atoms. The first-order valence-corrected chi connectivity index (χ1v) is 6.93. The molecule has 0 bridgehead atoms. The molecule has 1 N–H and O–H groups in total. The largest absolute Gasteiger partial charge is 0.396 e. The lowest BCUT2D eigenvalue weighted by molar-refractivity contribution is 0.254. The van der Waals surface area contributed by atoms with E-state index in [1.54, 1.807) is 12.1 Å². The van der Waals surface area contributed by atoms with Crippen molar-refractivity contribution in [2.45, 2.75) is 18.8 Å². The second kappa shape index (κ2) is 4.01. The van der Waals surface area contributed by atoms with Crippen molar-refractivity contribution < 1.29 is 9.50 Å². The molecule has 2 aromatic rings. The summed E-state index contributed by atoms with van der Waals surface area (Å²) in [5.41, 5.74) is 2.10. The minimum absolute atomic E-state index is 0.196. The number of nitrogens with zero attached hydrogens (tertiary/aromatic N) is 1. The second-order valence-corrected chi connectivity index (χ2v) is 5.90. The van der Waals surface area contributed by atoms with Crippen molar-refractivity contribution in [2.75, 3.05) is 6.61 Å².